The van der Waals surface area contributed by atoms with E-state index in [-0.39, 0.29) is 30.8 Å². The Morgan fingerprint density at radius 3 is 1.80 bits per heavy atom. The van der Waals surface area contributed by atoms with Gasteiger partial charge in [0.1, 0.15) is 23.1 Å². The lowest BCUT2D eigenvalue weighted by Gasteiger charge is -2.47. The third kappa shape index (κ3) is 4.08. The predicted molar refractivity (Wildman–Crippen MR) is 107 cm³/mol. The largest absolute Gasteiger partial charge is 0.497 e. The smallest absolute Gasteiger partial charge is 0.257 e. The number of ether oxygens (including phenoxy) is 2. The molecule has 2 aromatic rings. The summed E-state index contributed by atoms with van der Waals surface area (Å²) in [4.78, 5) is 28.9. The van der Waals surface area contributed by atoms with E-state index in [2.05, 4.69) is 0 Å². The minimum atomic E-state index is -0.777. The highest BCUT2D eigenvalue weighted by molar-refractivity contribution is 5.97. The lowest BCUT2D eigenvalue weighted by Crippen LogP contribution is -2.62. The first kappa shape index (κ1) is 21.5. The molecule has 3 rings (SSSR count). The summed E-state index contributed by atoms with van der Waals surface area (Å²) in [6.07, 6.45) is 0. The Morgan fingerprint density at radius 2 is 1.37 bits per heavy atom. The molecule has 1 aliphatic rings. The summed E-state index contributed by atoms with van der Waals surface area (Å²) in [5, 5.41) is 0. The van der Waals surface area contributed by atoms with E-state index >= 15 is 0 Å². The molecule has 8 heteroatoms. The van der Waals surface area contributed by atoms with Crippen molar-refractivity contribution in [2.75, 3.05) is 33.9 Å². The molecule has 2 aromatic carbocycles. The molecule has 0 saturated carbocycles. The van der Waals surface area contributed by atoms with E-state index in [0.717, 1.165) is 12.1 Å². The van der Waals surface area contributed by atoms with Gasteiger partial charge in [0.15, 0.2) is 0 Å². The molecule has 0 atom stereocenters. The van der Waals surface area contributed by atoms with Gasteiger partial charge < -0.3 is 19.3 Å². The Balaban J connectivity index is 1.78. The summed E-state index contributed by atoms with van der Waals surface area (Å²) in [5.41, 5.74) is -0.905. The van der Waals surface area contributed by atoms with Crippen molar-refractivity contribution in [2.45, 2.75) is 19.4 Å². The van der Waals surface area contributed by atoms with Crippen molar-refractivity contribution in [3.63, 3.8) is 0 Å². The van der Waals surface area contributed by atoms with Crippen molar-refractivity contribution in [3.05, 3.63) is 59.2 Å². The van der Waals surface area contributed by atoms with Crippen molar-refractivity contribution in [2.24, 2.45) is 0 Å². The molecule has 30 heavy (non-hydrogen) atoms. The number of nitrogens with zero attached hydrogens (tertiary/aromatic N) is 2. The number of piperazine rings is 1. The number of hydrogen-bond acceptors (Lipinski definition) is 4. The van der Waals surface area contributed by atoms with Gasteiger partial charge in [0.2, 0.25) is 0 Å². The summed E-state index contributed by atoms with van der Waals surface area (Å²) in [6.45, 7) is 4.16. The monoisotopic (exact) mass is 418 g/mol. The highest BCUT2D eigenvalue weighted by atomic mass is 19.1. The van der Waals surface area contributed by atoms with Crippen molar-refractivity contribution in [3.8, 4) is 11.5 Å². The second kappa shape index (κ2) is 8.30. The highest BCUT2D eigenvalue weighted by Gasteiger charge is 2.39. The first-order chi connectivity index (χ1) is 14.2. The van der Waals surface area contributed by atoms with Crippen LogP contribution in [0.3, 0.4) is 0 Å². The maximum absolute atomic E-state index is 14.4. The van der Waals surface area contributed by atoms with Gasteiger partial charge in [-0.15, -0.1) is 0 Å². The number of hydrogen-bond donors (Lipinski definition) is 0. The van der Waals surface area contributed by atoms with Crippen LogP contribution in [0.15, 0.2) is 36.4 Å². The summed E-state index contributed by atoms with van der Waals surface area (Å²) in [6, 6.07) is 8.13. The number of amides is 2. The maximum Gasteiger partial charge on any atom is 0.257 e. The number of carbonyl (C=O) groups is 2. The molecule has 0 unspecified atom stereocenters. The molecule has 1 fully saturated rings. The topological polar surface area (TPSA) is 59.1 Å². The Hall–Kier alpha value is -3.16. The van der Waals surface area contributed by atoms with Gasteiger partial charge in [0.25, 0.3) is 11.8 Å². The van der Waals surface area contributed by atoms with Crippen molar-refractivity contribution in [1.29, 1.82) is 0 Å². The molecule has 1 heterocycles. The van der Waals surface area contributed by atoms with E-state index in [1.807, 2.05) is 0 Å². The van der Waals surface area contributed by atoms with Crippen molar-refractivity contribution < 1.29 is 27.8 Å². The zero-order valence-electron chi connectivity index (χ0n) is 17.4. The van der Waals surface area contributed by atoms with Crippen LogP contribution in [0.2, 0.25) is 0 Å². The van der Waals surface area contributed by atoms with Crippen LogP contribution in [-0.4, -0.2) is 61.0 Å². The van der Waals surface area contributed by atoms with Crippen LogP contribution in [0, 0.1) is 11.6 Å². The Morgan fingerprint density at radius 1 is 0.867 bits per heavy atom. The van der Waals surface area contributed by atoms with Gasteiger partial charge in [-0.05, 0) is 38.1 Å². The van der Waals surface area contributed by atoms with Crippen LogP contribution in [0.5, 0.6) is 11.5 Å². The number of methoxy groups -OCH3 is 2. The average molecular weight is 418 g/mol. The quantitative estimate of drug-likeness (QED) is 0.764. The summed E-state index contributed by atoms with van der Waals surface area (Å²) < 4.78 is 38.6. The third-order valence-electron chi connectivity index (χ3n) is 5.25. The van der Waals surface area contributed by atoms with Gasteiger partial charge in [-0.1, -0.05) is 0 Å². The summed E-state index contributed by atoms with van der Waals surface area (Å²) >= 11 is 0. The summed E-state index contributed by atoms with van der Waals surface area (Å²) in [5.74, 6) is -1.64. The van der Waals surface area contributed by atoms with Crippen LogP contribution in [-0.2, 0) is 0 Å². The minimum absolute atomic E-state index is 0.0624. The van der Waals surface area contributed by atoms with Gasteiger partial charge >= 0.3 is 0 Å². The van der Waals surface area contributed by atoms with Crippen LogP contribution < -0.4 is 9.47 Å². The molecule has 1 saturated heterocycles. The SMILES string of the molecule is COc1ccc(C(=O)N2CCN(C(=O)c3ccc(OC)cc3F)C(C)(C)C2)c(F)c1. The number of carbonyl (C=O) groups excluding carboxylic acids is 2. The molecular weight excluding hydrogens is 394 g/mol. The second-order valence-corrected chi connectivity index (χ2v) is 7.69. The van der Waals surface area contributed by atoms with Crippen LogP contribution in [0.4, 0.5) is 8.78 Å². The van der Waals surface area contributed by atoms with Gasteiger partial charge in [-0.25, -0.2) is 8.78 Å². The van der Waals surface area contributed by atoms with E-state index in [9.17, 15) is 18.4 Å². The lowest BCUT2D eigenvalue weighted by atomic mass is 9.96. The Bertz CT molecular complexity index is 978. The fourth-order valence-corrected chi connectivity index (χ4v) is 3.61. The van der Waals surface area contributed by atoms with Gasteiger partial charge in [0.05, 0.1) is 30.9 Å². The zero-order valence-corrected chi connectivity index (χ0v) is 17.4. The first-order valence-corrected chi connectivity index (χ1v) is 9.46. The van der Waals surface area contributed by atoms with Crippen molar-refractivity contribution in [1.82, 2.24) is 9.80 Å². The molecule has 160 valence electrons. The van der Waals surface area contributed by atoms with E-state index in [0.29, 0.717) is 11.5 Å². The van der Waals surface area contributed by atoms with Crippen LogP contribution >= 0.6 is 0 Å². The number of rotatable bonds is 4. The molecule has 2 amide bonds. The minimum Gasteiger partial charge on any atom is -0.497 e. The highest BCUT2D eigenvalue weighted by Crippen LogP contribution is 2.27. The lowest BCUT2D eigenvalue weighted by molar-refractivity contribution is 0.0163. The maximum atomic E-state index is 14.4. The Labute approximate surface area is 174 Å². The standard InChI is InChI=1S/C22H24F2N2O4/c1-22(2)13-25(20(27)16-7-5-14(29-3)11-18(16)23)9-10-26(22)21(28)17-8-6-15(30-4)12-19(17)24/h5-8,11-12H,9-10,13H2,1-4H3. The molecular formula is C22H24F2N2O4. The Kier molecular flexibility index (Phi) is 5.96. The van der Waals surface area contributed by atoms with Crippen LogP contribution in [0.1, 0.15) is 34.6 Å². The van der Waals surface area contributed by atoms with E-state index in [4.69, 9.17) is 9.47 Å². The molecule has 0 aliphatic carbocycles. The molecule has 0 aromatic heterocycles. The zero-order chi connectivity index (χ0) is 22.1. The number of benzene rings is 2. The van der Waals surface area contributed by atoms with E-state index in [1.165, 1.54) is 48.3 Å². The molecule has 0 radical (unpaired) electrons. The van der Waals surface area contributed by atoms with Crippen molar-refractivity contribution >= 4 is 11.8 Å². The second-order valence-electron chi connectivity index (χ2n) is 7.69. The first-order valence-electron chi connectivity index (χ1n) is 9.46. The molecule has 1 aliphatic heterocycles. The van der Waals surface area contributed by atoms with E-state index < -0.39 is 29.0 Å². The normalized spacial score (nSPS) is 15.7. The molecule has 0 bridgehead atoms. The fraction of sp³-hybridized carbons (Fsp3) is 0.364. The molecule has 6 nitrogen and oxygen atoms in total. The average Bonchev–Trinajstić information content (AvgIpc) is 2.71. The van der Waals surface area contributed by atoms with Gasteiger partial charge in [-0.3, -0.25) is 9.59 Å². The van der Waals surface area contributed by atoms with E-state index in [1.54, 1.807) is 13.8 Å². The third-order valence-corrected chi connectivity index (χ3v) is 5.25. The predicted octanol–water partition coefficient (Wildman–Crippen LogP) is 3.36. The molecule has 0 spiro atoms. The number of halogens is 2. The van der Waals surface area contributed by atoms with Crippen LogP contribution in [0.25, 0.3) is 0 Å². The molecule has 0 N–H and O–H groups in total. The van der Waals surface area contributed by atoms with Gasteiger partial charge in [-0.2, -0.15) is 0 Å². The summed E-state index contributed by atoms with van der Waals surface area (Å²) in [7, 11) is 2.84. The van der Waals surface area contributed by atoms with Gasteiger partial charge in [0, 0.05) is 31.8 Å². The fourth-order valence-electron chi connectivity index (χ4n) is 3.61.